The van der Waals surface area contributed by atoms with Crippen molar-refractivity contribution in [2.45, 2.75) is 20.0 Å². The average molecular weight is 419 g/mol. The molecule has 0 spiro atoms. The summed E-state index contributed by atoms with van der Waals surface area (Å²) >= 11 is 0. The van der Waals surface area contributed by atoms with E-state index in [1.54, 1.807) is 6.92 Å². The van der Waals surface area contributed by atoms with Gasteiger partial charge in [-0.1, -0.05) is 0 Å². The fraction of sp³-hybridized carbons (Fsp3) is 0.158. The van der Waals surface area contributed by atoms with E-state index < -0.39 is 29.1 Å². The number of nitrogens with one attached hydrogen (secondary N) is 3. The van der Waals surface area contributed by atoms with Crippen LogP contribution in [0.4, 0.5) is 24.5 Å². The molecule has 30 heavy (non-hydrogen) atoms. The molecule has 0 saturated carbocycles. The largest absolute Gasteiger partial charge is 0.416 e. The number of benzene rings is 1. The smallest absolute Gasteiger partial charge is 0.322 e. The van der Waals surface area contributed by atoms with Gasteiger partial charge < -0.3 is 10.6 Å². The normalized spacial score (nSPS) is 11.2. The molecule has 2 heterocycles. The molecule has 0 atom stereocenters. The third-order valence-electron chi connectivity index (χ3n) is 4.08. The van der Waals surface area contributed by atoms with E-state index in [1.165, 1.54) is 25.3 Å². The standard InChI is InChI=1S/C19H16F3N5O3/c1-10-16(24-11(2)28)18(30)27(26-10)15-8-3-12(9-23-15)17(29)25-14-6-4-13(5-7-14)19(20,21)22/h3-9,26H,1-2H3,(H,24,28)(H,25,29). The average Bonchev–Trinajstić information content (AvgIpc) is 2.95. The summed E-state index contributed by atoms with van der Waals surface area (Å²) in [5, 5.41) is 7.68. The van der Waals surface area contributed by atoms with E-state index in [2.05, 4.69) is 20.7 Å². The third kappa shape index (κ3) is 4.40. The van der Waals surface area contributed by atoms with Crippen LogP contribution >= 0.6 is 0 Å². The number of carbonyl (C=O) groups excluding carboxylic acids is 2. The molecule has 0 saturated heterocycles. The molecule has 0 bridgehead atoms. The van der Waals surface area contributed by atoms with Gasteiger partial charge in [-0.15, -0.1) is 0 Å². The van der Waals surface area contributed by atoms with Crippen molar-refractivity contribution >= 4 is 23.2 Å². The molecule has 0 aliphatic rings. The highest BCUT2D eigenvalue weighted by atomic mass is 19.4. The first-order chi connectivity index (χ1) is 14.1. The number of pyridine rings is 1. The maximum atomic E-state index is 12.6. The minimum atomic E-state index is -4.46. The fourth-order valence-corrected chi connectivity index (χ4v) is 2.63. The second-order valence-electron chi connectivity index (χ2n) is 6.37. The molecule has 2 aromatic heterocycles. The molecule has 8 nitrogen and oxygen atoms in total. The van der Waals surface area contributed by atoms with Gasteiger partial charge in [0.25, 0.3) is 11.5 Å². The Bertz CT molecular complexity index is 1150. The highest BCUT2D eigenvalue weighted by Crippen LogP contribution is 2.29. The number of H-pyrrole nitrogens is 1. The Labute approximate surface area is 167 Å². The number of carbonyl (C=O) groups is 2. The second-order valence-corrected chi connectivity index (χ2v) is 6.37. The number of hydrogen-bond donors (Lipinski definition) is 3. The number of anilines is 2. The molecule has 0 aliphatic carbocycles. The van der Waals surface area contributed by atoms with Crippen LogP contribution in [0.25, 0.3) is 5.82 Å². The first kappa shape index (κ1) is 20.8. The maximum absolute atomic E-state index is 12.6. The van der Waals surface area contributed by atoms with E-state index in [0.29, 0.717) is 5.69 Å². The summed E-state index contributed by atoms with van der Waals surface area (Å²) in [6.45, 7) is 2.88. The van der Waals surface area contributed by atoms with Gasteiger partial charge in [-0.2, -0.15) is 17.9 Å². The lowest BCUT2D eigenvalue weighted by Gasteiger charge is -2.09. The molecule has 0 radical (unpaired) electrons. The SMILES string of the molecule is CC(=O)Nc1c(C)[nH]n(-c2ccc(C(=O)Nc3ccc(C(F)(F)F)cc3)cn2)c1=O. The van der Waals surface area contributed by atoms with Crippen molar-refractivity contribution in [3.05, 3.63) is 69.8 Å². The van der Waals surface area contributed by atoms with Gasteiger partial charge in [0.1, 0.15) is 5.69 Å². The zero-order valence-electron chi connectivity index (χ0n) is 15.8. The first-order valence-electron chi connectivity index (χ1n) is 8.60. The molecule has 0 unspecified atom stereocenters. The van der Waals surface area contributed by atoms with Gasteiger partial charge in [0.05, 0.1) is 16.8 Å². The van der Waals surface area contributed by atoms with Crippen LogP contribution in [0.1, 0.15) is 28.5 Å². The number of aryl methyl sites for hydroxylation is 1. The molecule has 3 N–H and O–H groups in total. The number of amides is 2. The lowest BCUT2D eigenvalue weighted by atomic mass is 10.2. The van der Waals surface area contributed by atoms with Crippen LogP contribution < -0.4 is 16.2 Å². The molecule has 11 heteroatoms. The van der Waals surface area contributed by atoms with Crippen LogP contribution in [0.15, 0.2) is 47.4 Å². The van der Waals surface area contributed by atoms with Crippen molar-refractivity contribution in [1.82, 2.24) is 14.8 Å². The van der Waals surface area contributed by atoms with Gasteiger partial charge in [0.15, 0.2) is 5.82 Å². The Balaban J connectivity index is 1.77. The van der Waals surface area contributed by atoms with Crippen LogP contribution in [-0.2, 0) is 11.0 Å². The molecular weight excluding hydrogens is 403 g/mol. The van der Waals surface area contributed by atoms with E-state index in [9.17, 15) is 27.6 Å². The summed E-state index contributed by atoms with van der Waals surface area (Å²) in [6.07, 6.45) is -3.24. The van der Waals surface area contributed by atoms with Gasteiger partial charge in [0, 0.05) is 18.8 Å². The number of nitrogens with zero attached hydrogens (tertiary/aromatic N) is 2. The monoisotopic (exact) mass is 419 g/mol. The Kier molecular flexibility index (Phi) is 5.45. The van der Waals surface area contributed by atoms with Crippen molar-refractivity contribution in [3.63, 3.8) is 0 Å². The summed E-state index contributed by atoms with van der Waals surface area (Å²) in [5.74, 6) is -0.793. The minimum absolute atomic E-state index is 0.0911. The summed E-state index contributed by atoms with van der Waals surface area (Å²) in [4.78, 5) is 40.0. The predicted molar refractivity (Wildman–Crippen MR) is 103 cm³/mol. The molecule has 156 valence electrons. The van der Waals surface area contributed by atoms with Crippen LogP contribution in [0, 0.1) is 6.92 Å². The zero-order chi connectivity index (χ0) is 22.1. The van der Waals surface area contributed by atoms with E-state index in [-0.39, 0.29) is 22.8 Å². The summed E-state index contributed by atoms with van der Waals surface area (Å²) in [7, 11) is 0. The van der Waals surface area contributed by atoms with Crippen molar-refractivity contribution in [3.8, 4) is 5.82 Å². The van der Waals surface area contributed by atoms with Gasteiger partial charge in [-0.3, -0.25) is 19.5 Å². The minimum Gasteiger partial charge on any atom is -0.322 e. The van der Waals surface area contributed by atoms with E-state index in [0.717, 1.165) is 28.9 Å². The van der Waals surface area contributed by atoms with Gasteiger partial charge in [0.2, 0.25) is 5.91 Å². The van der Waals surface area contributed by atoms with E-state index >= 15 is 0 Å². The lowest BCUT2D eigenvalue weighted by Crippen LogP contribution is -2.20. The second kappa shape index (κ2) is 7.85. The van der Waals surface area contributed by atoms with Crippen molar-refractivity contribution < 1.29 is 22.8 Å². The quantitative estimate of drug-likeness (QED) is 0.604. The maximum Gasteiger partial charge on any atom is 0.416 e. The van der Waals surface area contributed by atoms with E-state index in [4.69, 9.17) is 0 Å². The Hall–Kier alpha value is -3.89. The predicted octanol–water partition coefficient (Wildman–Crippen LogP) is 3.10. The Morgan fingerprint density at radius 1 is 1.07 bits per heavy atom. The topological polar surface area (TPSA) is 109 Å². The zero-order valence-corrected chi connectivity index (χ0v) is 15.8. The molecule has 0 fully saturated rings. The number of aromatic amines is 1. The first-order valence-corrected chi connectivity index (χ1v) is 8.60. The molecule has 1 aromatic carbocycles. The number of alkyl halides is 3. The third-order valence-corrected chi connectivity index (χ3v) is 4.08. The number of hydrogen-bond acceptors (Lipinski definition) is 4. The molecule has 3 rings (SSSR count). The number of aromatic nitrogens is 3. The van der Waals surface area contributed by atoms with Gasteiger partial charge in [-0.25, -0.2) is 4.98 Å². The molecule has 3 aromatic rings. The van der Waals surface area contributed by atoms with Gasteiger partial charge >= 0.3 is 6.18 Å². The summed E-state index contributed by atoms with van der Waals surface area (Å²) in [5.41, 5.74) is -0.492. The van der Waals surface area contributed by atoms with Crippen molar-refractivity contribution in [2.24, 2.45) is 0 Å². The highest BCUT2D eigenvalue weighted by molar-refractivity contribution is 6.04. The van der Waals surface area contributed by atoms with Crippen molar-refractivity contribution in [1.29, 1.82) is 0 Å². The van der Waals surface area contributed by atoms with Crippen LogP contribution in [0.5, 0.6) is 0 Å². The highest BCUT2D eigenvalue weighted by Gasteiger charge is 2.30. The summed E-state index contributed by atoms with van der Waals surface area (Å²) in [6, 6.07) is 6.84. The fourth-order valence-electron chi connectivity index (χ4n) is 2.63. The molecule has 2 amide bonds. The Morgan fingerprint density at radius 2 is 1.73 bits per heavy atom. The van der Waals surface area contributed by atoms with Crippen LogP contribution in [0.2, 0.25) is 0 Å². The van der Waals surface area contributed by atoms with Gasteiger partial charge in [-0.05, 0) is 43.3 Å². The van der Waals surface area contributed by atoms with Crippen molar-refractivity contribution in [2.75, 3.05) is 10.6 Å². The lowest BCUT2D eigenvalue weighted by molar-refractivity contribution is -0.137. The molecular formula is C19H16F3N5O3. The van der Waals surface area contributed by atoms with Crippen LogP contribution in [0.3, 0.4) is 0 Å². The number of halogens is 3. The number of rotatable bonds is 4. The Morgan fingerprint density at radius 3 is 2.27 bits per heavy atom. The summed E-state index contributed by atoms with van der Waals surface area (Å²) < 4.78 is 38.9. The molecule has 0 aliphatic heterocycles. The van der Waals surface area contributed by atoms with E-state index in [1.807, 2.05) is 0 Å². The van der Waals surface area contributed by atoms with Crippen LogP contribution in [-0.4, -0.2) is 26.6 Å².